The highest BCUT2D eigenvalue weighted by atomic mass is 35.5. The van der Waals surface area contributed by atoms with Crippen LogP contribution in [0.1, 0.15) is 11.1 Å². The molecule has 3 aromatic rings. The molecule has 0 saturated carbocycles. The van der Waals surface area contributed by atoms with Crippen molar-refractivity contribution in [2.45, 2.75) is 13.3 Å². The monoisotopic (exact) mass is 325 g/mol. The van der Waals surface area contributed by atoms with E-state index >= 15 is 0 Å². The summed E-state index contributed by atoms with van der Waals surface area (Å²) in [5.41, 5.74) is 3.79. The van der Waals surface area contributed by atoms with Gasteiger partial charge in [0.2, 0.25) is 5.91 Å². The molecule has 1 aromatic heterocycles. The predicted octanol–water partition coefficient (Wildman–Crippen LogP) is 4.02. The van der Waals surface area contributed by atoms with Crippen LogP contribution in [0.3, 0.4) is 0 Å². The number of hydrogen-bond donors (Lipinski definition) is 1. The summed E-state index contributed by atoms with van der Waals surface area (Å²) in [4.78, 5) is 12.1. The van der Waals surface area contributed by atoms with Crippen molar-refractivity contribution in [1.29, 1.82) is 0 Å². The molecule has 0 aliphatic rings. The smallest absolute Gasteiger partial charge is 0.228 e. The Morgan fingerprint density at radius 1 is 1.17 bits per heavy atom. The molecule has 1 amide bonds. The summed E-state index contributed by atoms with van der Waals surface area (Å²) in [5.74, 6) is -0.0332. The Labute approximate surface area is 139 Å². The molecule has 0 atom stereocenters. The molecule has 116 valence electrons. The quantitative estimate of drug-likeness (QED) is 0.787. The van der Waals surface area contributed by atoms with Crippen LogP contribution >= 0.6 is 11.6 Å². The second-order valence-electron chi connectivity index (χ2n) is 5.30. The third kappa shape index (κ3) is 3.79. The van der Waals surface area contributed by atoms with Crippen LogP contribution < -0.4 is 5.32 Å². The molecule has 4 nitrogen and oxygen atoms in total. The van der Waals surface area contributed by atoms with Gasteiger partial charge in [-0.1, -0.05) is 35.9 Å². The predicted molar refractivity (Wildman–Crippen MR) is 92.1 cm³/mol. The first kappa shape index (κ1) is 15.3. The molecule has 0 bridgehead atoms. The normalized spacial score (nSPS) is 10.5. The number of nitrogens with zero attached hydrogens (tertiary/aromatic N) is 2. The van der Waals surface area contributed by atoms with Gasteiger partial charge in [-0.15, -0.1) is 0 Å². The van der Waals surface area contributed by atoms with E-state index in [9.17, 15) is 4.79 Å². The van der Waals surface area contributed by atoms with Gasteiger partial charge in [-0.2, -0.15) is 5.10 Å². The second kappa shape index (κ2) is 6.67. The highest BCUT2D eigenvalue weighted by Gasteiger charge is 2.06. The van der Waals surface area contributed by atoms with Crippen molar-refractivity contribution < 1.29 is 4.79 Å². The SMILES string of the molecule is Cc1ccccc1CC(=O)Nc1ccc(-n2cc(Cl)cn2)cc1. The third-order valence-corrected chi connectivity index (χ3v) is 3.77. The van der Waals surface area contributed by atoms with E-state index < -0.39 is 0 Å². The van der Waals surface area contributed by atoms with Crippen LogP contribution in [0, 0.1) is 6.92 Å². The summed E-state index contributed by atoms with van der Waals surface area (Å²) in [6, 6.07) is 15.4. The highest BCUT2D eigenvalue weighted by Crippen LogP contribution is 2.16. The van der Waals surface area contributed by atoms with E-state index in [0.717, 1.165) is 22.5 Å². The van der Waals surface area contributed by atoms with Crippen LogP contribution in [0.15, 0.2) is 60.9 Å². The van der Waals surface area contributed by atoms with Crippen LogP contribution in [-0.4, -0.2) is 15.7 Å². The van der Waals surface area contributed by atoms with Crippen LogP contribution in [-0.2, 0) is 11.2 Å². The maximum absolute atomic E-state index is 12.1. The van der Waals surface area contributed by atoms with E-state index in [-0.39, 0.29) is 5.91 Å². The van der Waals surface area contributed by atoms with E-state index in [1.54, 1.807) is 17.1 Å². The molecule has 1 N–H and O–H groups in total. The number of anilines is 1. The van der Waals surface area contributed by atoms with Gasteiger partial charge in [0.05, 0.1) is 23.3 Å². The first-order chi connectivity index (χ1) is 11.1. The summed E-state index contributed by atoms with van der Waals surface area (Å²) in [6.45, 7) is 2.01. The Morgan fingerprint density at radius 2 is 1.91 bits per heavy atom. The largest absolute Gasteiger partial charge is 0.326 e. The van der Waals surface area contributed by atoms with Crippen molar-refractivity contribution in [3.63, 3.8) is 0 Å². The van der Waals surface area contributed by atoms with Gasteiger partial charge in [0.25, 0.3) is 0 Å². The first-order valence-electron chi connectivity index (χ1n) is 7.27. The maximum atomic E-state index is 12.1. The number of hydrogen-bond acceptors (Lipinski definition) is 2. The van der Waals surface area contributed by atoms with Gasteiger partial charge >= 0.3 is 0 Å². The van der Waals surface area contributed by atoms with Crippen molar-refractivity contribution in [2.75, 3.05) is 5.32 Å². The minimum absolute atomic E-state index is 0.0332. The number of aryl methyl sites for hydroxylation is 1. The Bertz CT molecular complexity index is 824. The summed E-state index contributed by atoms with van der Waals surface area (Å²) >= 11 is 5.86. The lowest BCUT2D eigenvalue weighted by Gasteiger charge is -2.08. The van der Waals surface area contributed by atoms with Crippen molar-refractivity contribution in [3.8, 4) is 5.69 Å². The molecule has 0 radical (unpaired) electrons. The molecule has 0 aliphatic heterocycles. The van der Waals surface area contributed by atoms with Crippen LogP contribution in [0.2, 0.25) is 5.02 Å². The molecule has 0 saturated heterocycles. The Kier molecular flexibility index (Phi) is 4.44. The molecule has 2 aromatic carbocycles. The maximum Gasteiger partial charge on any atom is 0.228 e. The van der Waals surface area contributed by atoms with Crippen molar-refractivity contribution >= 4 is 23.2 Å². The number of halogens is 1. The number of aromatic nitrogens is 2. The van der Waals surface area contributed by atoms with Gasteiger partial charge in [-0.3, -0.25) is 4.79 Å². The van der Waals surface area contributed by atoms with Gasteiger partial charge in [-0.25, -0.2) is 4.68 Å². The van der Waals surface area contributed by atoms with Crippen LogP contribution in [0.4, 0.5) is 5.69 Å². The topological polar surface area (TPSA) is 46.9 Å². The van der Waals surface area contributed by atoms with E-state index in [2.05, 4.69) is 10.4 Å². The van der Waals surface area contributed by atoms with Gasteiger partial charge in [0.1, 0.15) is 0 Å². The number of nitrogens with one attached hydrogen (secondary N) is 1. The lowest BCUT2D eigenvalue weighted by Crippen LogP contribution is -2.15. The Morgan fingerprint density at radius 3 is 2.57 bits per heavy atom. The molecule has 0 aliphatic carbocycles. The number of rotatable bonds is 4. The molecule has 0 spiro atoms. The third-order valence-electron chi connectivity index (χ3n) is 3.58. The summed E-state index contributed by atoms with van der Waals surface area (Å²) in [7, 11) is 0. The number of carbonyl (C=O) groups is 1. The number of benzene rings is 2. The summed E-state index contributed by atoms with van der Waals surface area (Å²) in [5, 5.41) is 7.63. The first-order valence-corrected chi connectivity index (χ1v) is 7.64. The molecule has 3 rings (SSSR count). The van der Waals surface area contributed by atoms with Crippen molar-refractivity contribution in [1.82, 2.24) is 9.78 Å². The minimum Gasteiger partial charge on any atom is -0.326 e. The average molecular weight is 326 g/mol. The molecule has 1 heterocycles. The van der Waals surface area contributed by atoms with Gasteiger partial charge in [-0.05, 0) is 42.3 Å². The second-order valence-corrected chi connectivity index (χ2v) is 5.74. The summed E-state index contributed by atoms with van der Waals surface area (Å²) < 4.78 is 1.68. The van der Waals surface area contributed by atoms with E-state index in [1.807, 2.05) is 55.5 Å². The molecule has 23 heavy (non-hydrogen) atoms. The molecular formula is C18H16ClN3O. The zero-order valence-electron chi connectivity index (χ0n) is 12.7. The van der Waals surface area contributed by atoms with Crippen LogP contribution in [0.5, 0.6) is 0 Å². The summed E-state index contributed by atoms with van der Waals surface area (Å²) in [6.07, 6.45) is 3.68. The molecule has 5 heteroatoms. The van der Waals surface area contributed by atoms with Crippen molar-refractivity contribution in [3.05, 3.63) is 77.1 Å². The minimum atomic E-state index is -0.0332. The molecule has 0 unspecified atom stereocenters. The lowest BCUT2D eigenvalue weighted by atomic mass is 10.1. The van der Waals surface area contributed by atoms with E-state index in [4.69, 9.17) is 11.6 Å². The Hall–Kier alpha value is -2.59. The highest BCUT2D eigenvalue weighted by molar-refractivity contribution is 6.30. The van der Waals surface area contributed by atoms with Crippen molar-refractivity contribution in [2.24, 2.45) is 0 Å². The van der Waals surface area contributed by atoms with Gasteiger partial charge in [0, 0.05) is 11.9 Å². The average Bonchev–Trinajstić information content (AvgIpc) is 2.97. The van der Waals surface area contributed by atoms with E-state index in [1.165, 1.54) is 0 Å². The lowest BCUT2D eigenvalue weighted by molar-refractivity contribution is -0.115. The fourth-order valence-corrected chi connectivity index (χ4v) is 2.46. The van der Waals surface area contributed by atoms with Gasteiger partial charge in [0.15, 0.2) is 0 Å². The van der Waals surface area contributed by atoms with E-state index in [0.29, 0.717) is 11.4 Å². The molecular weight excluding hydrogens is 310 g/mol. The number of carbonyl (C=O) groups excluding carboxylic acids is 1. The van der Waals surface area contributed by atoms with Gasteiger partial charge < -0.3 is 5.32 Å². The zero-order chi connectivity index (χ0) is 16.2. The fraction of sp³-hybridized carbons (Fsp3) is 0.111. The van der Waals surface area contributed by atoms with Crippen LogP contribution in [0.25, 0.3) is 5.69 Å². The molecule has 0 fully saturated rings. The zero-order valence-corrected chi connectivity index (χ0v) is 13.4. The Balaban J connectivity index is 1.66. The number of amides is 1. The fourth-order valence-electron chi connectivity index (χ4n) is 2.33. The standard InChI is InChI=1S/C18H16ClN3O/c1-13-4-2-3-5-14(13)10-18(23)21-16-6-8-17(9-7-16)22-12-15(19)11-20-22/h2-9,11-12H,10H2,1H3,(H,21,23).